The zero-order valence-electron chi connectivity index (χ0n) is 10.1. The van der Waals surface area contributed by atoms with Crippen molar-refractivity contribution in [3.63, 3.8) is 0 Å². The van der Waals surface area contributed by atoms with Crippen LogP contribution in [0.15, 0.2) is 54.6 Å². The first-order valence-corrected chi connectivity index (χ1v) is 5.87. The molecule has 0 unspecified atom stereocenters. The van der Waals surface area contributed by atoms with Gasteiger partial charge in [-0.05, 0) is 23.1 Å². The van der Waals surface area contributed by atoms with Gasteiger partial charge >= 0.3 is 0 Å². The van der Waals surface area contributed by atoms with Gasteiger partial charge in [-0.15, -0.1) is 0 Å². The summed E-state index contributed by atoms with van der Waals surface area (Å²) in [5.41, 5.74) is 14.7. The molecule has 0 bridgehead atoms. The predicted octanol–water partition coefficient (Wildman–Crippen LogP) is 2.37. The van der Waals surface area contributed by atoms with Crippen molar-refractivity contribution in [1.82, 2.24) is 0 Å². The van der Waals surface area contributed by atoms with Gasteiger partial charge in [0.05, 0.1) is 0 Å². The summed E-state index contributed by atoms with van der Waals surface area (Å²) in [6.07, 6.45) is 0.985. The second kappa shape index (κ2) is 4.70. The van der Waals surface area contributed by atoms with E-state index in [1.54, 1.807) is 0 Å². The van der Waals surface area contributed by atoms with Gasteiger partial charge in [0.1, 0.15) is 5.66 Å². The summed E-state index contributed by atoms with van der Waals surface area (Å²) in [5, 5.41) is 0. The largest absolute Gasteiger partial charge is 0.306 e. The van der Waals surface area contributed by atoms with E-state index in [0.29, 0.717) is 0 Å². The lowest BCUT2D eigenvalue weighted by Crippen LogP contribution is -2.47. The summed E-state index contributed by atoms with van der Waals surface area (Å²) in [6.45, 7) is 2.12. The molecule has 0 aromatic heterocycles. The predicted molar refractivity (Wildman–Crippen MR) is 71.4 cm³/mol. The zero-order valence-corrected chi connectivity index (χ0v) is 10.1. The van der Waals surface area contributed by atoms with Crippen LogP contribution in [0.4, 0.5) is 0 Å². The molecule has 0 aliphatic rings. The molecule has 0 aliphatic carbocycles. The number of benzene rings is 2. The molecule has 2 aromatic rings. The van der Waals surface area contributed by atoms with E-state index in [1.165, 1.54) is 5.56 Å². The lowest BCUT2D eigenvalue weighted by Gasteiger charge is -2.26. The van der Waals surface area contributed by atoms with Gasteiger partial charge in [0.25, 0.3) is 0 Å². The Hall–Kier alpha value is -1.64. The van der Waals surface area contributed by atoms with Gasteiger partial charge in [-0.2, -0.15) is 0 Å². The van der Waals surface area contributed by atoms with Crippen LogP contribution >= 0.6 is 0 Å². The normalized spacial score (nSPS) is 11.5. The number of rotatable bonds is 3. The molecule has 0 atom stereocenters. The molecule has 0 spiro atoms. The van der Waals surface area contributed by atoms with E-state index < -0.39 is 5.66 Å². The Morgan fingerprint density at radius 1 is 0.882 bits per heavy atom. The Kier molecular flexibility index (Phi) is 3.27. The highest BCUT2D eigenvalue weighted by molar-refractivity contribution is 5.38. The van der Waals surface area contributed by atoms with Crippen LogP contribution in [0, 0.1) is 0 Å². The maximum absolute atomic E-state index is 6.26. The van der Waals surface area contributed by atoms with Crippen molar-refractivity contribution in [2.24, 2.45) is 11.5 Å². The maximum Gasteiger partial charge on any atom is 0.116 e. The summed E-state index contributed by atoms with van der Waals surface area (Å²) in [7, 11) is 0. The van der Waals surface area contributed by atoms with Crippen LogP contribution in [0.1, 0.15) is 23.6 Å². The molecule has 0 aliphatic heterocycles. The van der Waals surface area contributed by atoms with Crippen LogP contribution in [0.25, 0.3) is 0 Å². The monoisotopic (exact) mass is 226 g/mol. The molecule has 0 saturated heterocycles. The summed E-state index contributed by atoms with van der Waals surface area (Å²) < 4.78 is 0. The van der Waals surface area contributed by atoms with Crippen molar-refractivity contribution in [2.75, 3.05) is 0 Å². The molecule has 2 heteroatoms. The van der Waals surface area contributed by atoms with E-state index in [4.69, 9.17) is 11.5 Å². The van der Waals surface area contributed by atoms with Gasteiger partial charge < -0.3 is 11.5 Å². The van der Waals surface area contributed by atoms with Gasteiger partial charge in [-0.3, -0.25) is 0 Å². The van der Waals surface area contributed by atoms with Gasteiger partial charge in [-0.1, -0.05) is 61.5 Å². The van der Waals surface area contributed by atoms with Crippen molar-refractivity contribution in [2.45, 2.75) is 19.0 Å². The molecule has 0 fully saturated rings. The van der Waals surface area contributed by atoms with Crippen molar-refractivity contribution < 1.29 is 0 Å². The van der Waals surface area contributed by atoms with Crippen LogP contribution in [0.5, 0.6) is 0 Å². The highest BCUT2D eigenvalue weighted by Crippen LogP contribution is 2.22. The van der Waals surface area contributed by atoms with E-state index in [1.807, 2.05) is 42.5 Å². The average molecular weight is 226 g/mol. The molecule has 0 amide bonds. The molecular formula is C15H18N2. The molecule has 2 aromatic carbocycles. The second-order valence-corrected chi connectivity index (χ2v) is 4.29. The van der Waals surface area contributed by atoms with Crippen LogP contribution in [0.2, 0.25) is 0 Å². The fraction of sp³-hybridized carbons (Fsp3) is 0.200. The Morgan fingerprint density at radius 2 is 1.53 bits per heavy atom. The third kappa shape index (κ3) is 2.38. The van der Waals surface area contributed by atoms with E-state index in [2.05, 4.69) is 19.1 Å². The van der Waals surface area contributed by atoms with Gasteiger partial charge in [-0.25, -0.2) is 0 Å². The third-order valence-corrected chi connectivity index (χ3v) is 3.06. The Morgan fingerprint density at radius 3 is 2.18 bits per heavy atom. The van der Waals surface area contributed by atoms with Crippen molar-refractivity contribution in [1.29, 1.82) is 0 Å². The average Bonchev–Trinajstić information content (AvgIpc) is 2.40. The fourth-order valence-electron chi connectivity index (χ4n) is 1.93. The lowest BCUT2D eigenvalue weighted by molar-refractivity contribution is 0.567. The molecule has 0 saturated carbocycles. The van der Waals surface area contributed by atoms with E-state index in [-0.39, 0.29) is 0 Å². The summed E-state index contributed by atoms with van der Waals surface area (Å²) in [6, 6.07) is 17.9. The fourth-order valence-corrected chi connectivity index (χ4v) is 1.93. The smallest absolute Gasteiger partial charge is 0.116 e. The minimum atomic E-state index is -0.924. The summed E-state index contributed by atoms with van der Waals surface area (Å²) >= 11 is 0. The van der Waals surface area contributed by atoms with Crippen molar-refractivity contribution >= 4 is 0 Å². The summed E-state index contributed by atoms with van der Waals surface area (Å²) in [4.78, 5) is 0. The molecule has 2 rings (SSSR count). The molecule has 17 heavy (non-hydrogen) atoms. The number of hydrogen-bond donors (Lipinski definition) is 2. The van der Waals surface area contributed by atoms with Crippen molar-refractivity contribution in [3.05, 3.63) is 71.3 Å². The standard InChI is InChI=1S/C15H18N2/c1-2-12-7-6-10-14(11-12)15(16,17)13-8-4-3-5-9-13/h3-11H,2,16-17H2,1H3. The highest BCUT2D eigenvalue weighted by Gasteiger charge is 2.23. The molecule has 4 N–H and O–H groups in total. The molecule has 88 valence electrons. The quantitative estimate of drug-likeness (QED) is 0.789. The Labute approximate surface area is 102 Å². The van der Waals surface area contributed by atoms with Crippen LogP contribution in [-0.4, -0.2) is 0 Å². The van der Waals surface area contributed by atoms with Gasteiger partial charge in [0.15, 0.2) is 0 Å². The molecular weight excluding hydrogens is 208 g/mol. The summed E-state index contributed by atoms with van der Waals surface area (Å²) in [5.74, 6) is 0. The maximum atomic E-state index is 6.26. The van der Waals surface area contributed by atoms with Gasteiger partial charge in [0.2, 0.25) is 0 Å². The second-order valence-electron chi connectivity index (χ2n) is 4.29. The minimum absolute atomic E-state index is 0.924. The zero-order chi connectivity index (χ0) is 12.3. The van der Waals surface area contributed by atoms with Crippen LogP contribution in [0.3, 0.4) is 0 Å². The lowest BCUT2D eigenvalue weighted by atomic mass is 9.91. The highest BCUT2D eigenvalue weighted by atomic mass is 15.0. The van der Waals surface area contributed by atoms with E-state index in [9.17, 15) is 0 Å². The number of hydrogen-bond acceptors (Lipinski definition) is 2. The van der Waals surface area contributed by atoms with E-state index in [0.717, 1.165) is 17.5 Å². The number of nitrogens with two attached hydrogens (primary N) is 2. The van der Waals surface area contributed by atoms with Crippen LogP contribution < -0.4 is 11.5 Å². The SMILES string of the molecule is CCc1cccc(C(N)(N)c2ccccc2)c1. The first-order valence-electron chi connectivity index (χ1n) is 5.87. The number of aryl methyl sites for hydroxylation is 1. The van der Waals surface area contributed by atoms with Crippen LogP contribution in [-0.2, 0) is 12.1 Å². The minimum Gasteiger partial charge on any atom is -0.306 e. The molecule has 2 nitrogen and oxygen atoms in total. The first kappa shape index (κ1) is 11.8. The van der Waals surface area contributed by atoms with Crippen molar-refractivity contribution in [3.8, 4) is 0 Å². The van der Waals surface area contributed by atoms with E-state index >= 15 is 0 Å². The first-order chi connectivity index (χ1) is 8.14. The Bertz CT molecular complexity index is 489. The Balaban J connectivity index is 2.44. The molecule has 0 heterocycles. The topological polar surface area (TPSA) is 52.0 Å². The molecule has 0 radical (unpaired) electrons. The third-order valence-electron chi connectivity index (χ3n) is 3.06. The van der Waals surface area contributed by atoms with Gasteiger partial charge in [0, 0.05) is 0 Å².